The zero-order chi connectivity index (χ0) is 35.6. The maximum Gasteiger partial charge on any atom is 0.136 e. The van der Waals surface area contributed by atoms with Crippen LogP contribution in [0.1, 0.15) is 24.0 Å². The van der Waals surface area contributed by atoms with E-state index >= 15 is 0 Å². The van der Waals surface area contributed by atoms with Crippen molar-refractivity contribution in [3.63, 3.8) is 0 Å². The van der Waals surface area contributed by atoms with Crippen molar-refractivity contribution in [1.82, 2.24) is 0 Å². The van der Waals surface area contributed by atoms with Crippen LogP contribution >= 0.6 is 11.3 Å². The van der Waals surface area contributed by atoms with Crippen LogP contribution in [0.2, 0.25) is 0 Å². The molecule has 1 nitrogen and oxygen atoms in total. The lowest BCUT2D eigenvalue weighted by atomic mass is 9.84. The molecule has 0 radical (unpaired) electrons. The lowest BCUT2D eigenvalue weighted by Gasteiger charge is -2.19. The third-order valence-electron chi connectivity index (χ3n) is 11.2. The fourth-order valence-corrected chi connectivity index (χ4v) is 9.81. The molecule has 0 unspecified atom stereocenters. The topological polar surface area (TPSA) is 13.1 Å². The summed E-state index contributed by atoms with van der Waals surface area (Å²) in [4.78, 5) is 0. The molecule has 0 atom stereocenters. The number of hydrogen-bond donors (Lipinski definition) is 0. The summed E-state index contributed by atoms with van der Waals surface area (Å²) in [6, 6.07) is 53.4. The second-order valence-corrected chi connectivity index (χ2v) is 15.4. The molecule has 10 aromatic rings. The predicted octanol–water partition coefficient (Wildman–Crippen LogP) is 15.5. The highest BCUT2D eigenvalue weighted by Crippen LogP contribution is 2.46. The first-order valence-electron chi connectivity index (χ1n) is 18.7. The lowest BCUT2D eigenvalue weighted by molar-refractivity contribution is 0.669. The fraction of sp³-hybridized carbons (Fsp3) is 0.0385. The number of allylic oxidation sites excluding steroid dienone is 8. The van der Waals surface area contributed by atoms with E-state index in [1.165, 1.54) is 96.7 Å². The van der Waals surface area contributed by atoms with E-state index in [0.29, 0.717) is 0 Å². The highest BCUT2D eigenvalue weighted by molar-refractivity contribution is 7.25. The summed E-state index contributed by atoms with van der Waals surface area (Å²) in [5.74, 6) is 0. The van der Waals surface area contributed by atoms with Crippen molar-refractivity contribution in [2.75, 3.05) is 0 Å². The number of furan rings is 1. The number of fused-ring (bicyclic) bond motifs is 10. The summed E-state index contributed by atoms with van der Waals surface area (Å²) in [5, 5.41) is 12.5. The Labute approximate surface area is 317 Å². The number of para-hydroxylation sites is 1. The van der Waals surface area contributed by atoms with Crippen molar-refractivity contribution in [2.24, 2.45) is 0 Å². The Kier molecular flexibility index (Phi) is 7.24. The molecule has 2 heteroatoms. The monoisotopic (exact) mass is 706 g/mol. The lowest BCUT2D eigenvalue weighted by Crippen LogP contribution is -1.94. The molecule has 1 aliphatic carbocycles. The summed E-state index contributed by atoms with van der Waals surface area (Å²) < 4.78 is 8.90. The Morgan fingerprint density at radius 3 is 1.80 bits per heavy atom. The molecule has 0 amide bonds. The maximum absolute atomic E-state index is 6.29. The van der Waals surface area contributed by atoms with Gasteiger partial charge in [0.15, 0.2) is 0 Å². The van der Waals surface area contributed by atoms with Crippen LogP contribution in [0.3, 0.4) is 0 Å². The van der Waals surface area contributed by atoms with E-state index in [4.69, 9.17) is 4.42 Å². The molecule has 54 heavy (non-hydrogen) atoms. The Balaban J connectivity index is 1.14. The molecule has 0 N–H and O–H groups in total. The highest BCUT2D eigenvalue weighted by Gasteiger charge is 2.19. The number of benzene rings is 8. The largest absolute Gasteiger partial charge is 0.456 e. The molecule has 1 aliphatic rings. The van der Waals surface area contributed by atoms with Crippen molar-refractivity contribution in [3.05, 3.63) is 193 Å². The van der Waals surface area contributed by atoms with Gasteiger partial charge in [0.05, 0.1) is 0 Å². The van der Waals surface area contributed by atoms with Gasteiger partial charge in [-0.2, -0.15) is 0 Å². The first-order chi connectivity index (χ1) is 26.8. The van der Waals surface area contributed by atoms with Crippen molar-refractivity contribution >= 4 is 96.9 Å². The zero-order valence-corrected chi connectivity index (χ0v) is 30.4. The van der Waals surface area contributed by atoms with E-state index < -0.39 is 0 Å². The summed E-state index contributed by atoms with van der Waals surface area (Å²) >= 11 is 1.88. The Morgan fingerprint density at radius 1 is 0.407 bits per heavy atom. The second kappa shape index (κ2) is 12.6. The third-order valence-corrected chi connectivity index (χ3v) is 12.3. The van der Waals surface area contributed by atoms with E-state index in [0.717, 1.165) is 24.0 Å². The highest BCUT2D eigenvalue weighted by atomic mass is 32.1. The van der Waals surface area contributed by atoms with Gasteiger partial charge in [-0.15, -0.1) is 11.3 Å². The predicted molar refractivity (Wildman–Crippen MR) is 234 cm³/mol. The van der Waals surface area contributed by atoms with Crippen LogP contribution in [0.15, 0.2) is 186 Å². The van der Waals surface area contributed by atoms with Crippen LogP contribution in [-0.2, 0) is 0 Å². The Hall–Kier alpha value is -6.48. The maximum atomic E-state index is 6.29. The van der Waals surface area contributed by atoms with Crippen LogP contribution in [0.4, 0.5) is 0 Å². The average Bonchev–Trinajstić information content (AvgIpc) is 3.79. The molecular formula is C52H34OS. The van der Waals surface area contributed by atoms with E-state index in [1.54, 1.807) is 0 Å². The Morgan fingerprint density at radius 2 is 1.04 bits per heavy atom. The van der Waals surface area contributed by atoms with Gasteiger partial charge in [0.1, 0.15) is 11.2 Å². The van der Waals surface area contributed by atoms with Gasteiger partial charge in [0.2, 0.25) is 0 Å². The van der Waals surface area contributed by atoms with Crippen LogP contribution in [0.5, 0.6) is 0 Å². The second-order valence-electron chi connectivity index (χ2n) is 14.3. The minimum Gasteiger partial charge on any atom is -0.456 e. The van der Waals surface area contributed by atoms with Gasteiger partial charge < -0.3 is 4.42 Å². The van der Waals surface area contributed by atoms with Crippen LogP contribution in [0.25, 0.3) is 96.7 Å². The number of hydrogen-bond acceptors (Lipinski definition) is 2. The molecule has 0 fully saturated rings. The van der Waals surface area contributed by atoms with Gasteiger partial charge in [0.25, 0.3) is 0 Å². The molecular weight excluding hydrogens is 673 g/mol. The van der Waals surface area contributed by atoms with E-state index in [9.17, 15) is 0 Å². The molecule has 254 valence electrons. The molecule has 2 aromatic heterocycles. The average molecular weight is 707 g/mol. The van der Waals surface area contributed by atoms with Gasteiger partial charge in [-0.25, -0.2) is 0 Å². The van der Waals surface area contributed by atoms with Gasteiger partial charge in [-0.3, -0.25) is 0 Å². The molecule has 0 saturated heterocycles. The molecule has 2 heterocycles. The first kappa shape index (κ1) is 31.1. The van der Waals surface area contributed by atoms with Gasteiger partial charge >= 0.3 is 0 Å². The summed E-state index contributed by atoms with van der Waals surface area (Å²) in [6.07, 6.45) is 15.4. The van der Waals surface area contributed by atoms with Crippen molar-refractivity contribution in [3.8, 4) is 11.1 Å². The van der Waals surface area contributed by atoms with Crippen molar-refractivity contribution in [2.45, 2.75) is 12.8 Å². The number of thiophene rings is 1. The van der Waals surface area contributed by atoms with Crippen molar-refractivity contribution in [1.29, 1.82) is 0 Å². The Bertz CT molecular complexity index is 3200. The molecule has 0 bridgehead atoms. The van der Waals surface area contributed by atoms with E-state index in [-0.39, 0.29) is 0 Å². The summed E-state index contributed by atoms with van der Waals surface area (Å²) in [5.41, 5.74) is 9.60. The van der Waals surface area contributed by atoms with E-state index in [2.05, 4.69) is 176 Å². The standard InChI is InChI=1S/C52H34OS/c1-2-5-17-35(25-24-34(16-4-1)33-14-6-3-7-15-33)50-38-18-8-10-20-40(38)51(41-21-11-9-19-39(41)50)37-27-29-48-44(30-37)45-32-43-36(31-49(45)54-48)26-28-47-52(43)42-22-12-13-23-46(42)53-47/h1-15,18-32H,16-17H2/b4-1?,5-2?,34-24+,35-25+. The minimum absolute atomic E-state index is 0.844. The molecule has 0 aliphatic heterocycles. The number of rotatable bonds is 3. The van der Waals surface area contributed by atoms with E-state index in [1.807, 2.05) is 17.4 Å². The quantitative estimate of drug-likeness (QED) is 0.167. The van der Waals surface area contributed by atoms with Crippen LogP contribution in [-0.4, -0.2) is 0 Å². The minimum atomic E-state index is 0.844. The van der Waals surface area contributed by atoms with Crippen LogP contribution in [0, 0.1) is 0 Å². The van der Waals surface area contributed by atoms with Gasteiger partial charge in [-0.1, -0.05) is 146 Å². The first-order valence-corrected chi connectivity index (χ1v) is 19.5. The molecule has 8 aromatic carbocycles. The summed E-state index contributed by atoms with van der Waals surface area (Å²) in [7, 11) is 0. The normalized spacial score (nSPS) is 15.8. The molecule has 0 saturated carbocycles. The smallest absolute Gasteiger partial charge is 0.136 e. The summed E-state index contributed by atoms with van der Waals surface area (Å²) in [6.45, 7) is 0. The molecule has 0 spiro atoms. The molecule has 11 rings (SSSR count). The SMILES string of the molecule is C1=CC/C(c2ccccc2)=C\C=C(\c2c3ccccc3c(-c3ccc4sc5cc6ccc7oc8ccccc8c7c6cc5c4c3)c3ccccc23)CC=C1. The third kappa shape index (κ3) is 4.99. The zero-order valence-electron chi connectivity index (χ0n) is 29.6. The fourth-order valence-electron chi connectivity index (χ4n) is 8.69. The van der Waals surface area contributed by atoms with Gasteiger partial charge in [-0.05, 0) is 115 Å². The van der Waals surface area contributed by atoms with Crippen LogP contribution < -0.4 is 0 Å². The van der Waals surface area contributed by atoms with Crippen molar-refractivity contribution < 1.29 is 4.42 Å². The van der Waals surface area contributed by atoms with Gasteiger partial charge in [0, 0.05) is 30.9 Å².